The minimum Gasteiger partial charge on any atom is -0.457 e. The Morgan fingerprint density at radius 2 is 1.24 bits per heavy atom. The molecule has 2 aliphatic carbocycles. The summed E-state index contributed by atoms with van der Waals surface area (Å²) < 4.78 is 6.74. The number of aryl methyl sites for hydroxylation is 1. The maximum atomic E-state index is 6.74. The van der Waals surface area contributed by atoms with Crippen LogP contribution in [0.4, 0.5) is 0 Å². The first kappa shape index (κ1) is 21.9. The predicted molar refractivity (Wildman–Crippen MR) is 153 cm³/mol. The molecule has 0 amide bonds. The lowest BCUT2D eigenvalue weighted by Gasteiger charge is -2.33. The van der Waals surface area contributed by atoms with Gasteiger partial charge in [0.05, 0.1) is 0 Å². The molecule has 4 aromatic rings. The zero-order valence-electron chi connectivity index (χ0n) is 20.9. The van der Waals surface area contributed by atoms with E-state index < -0.39 is 0 Å². The van der Waals surface area contributed by atoms with E-state index in [0.717, 1.165) is 24.4 Å². The number of hydrogen-bond donors (Lipinski definition) is 0. The molecular formula is C36H28O. The van der Waals surface area contributed by atoms with Crippen molar-refractivity contribution in [2.45, 2.75) is 25.7 Å². The molecule has 7 rings (SSSR count). The van der Waals surface area contributed by atoms with Crippen molar-refractivity contribution in [3.8, 4) is 11.1 Å². The Kier molecular flexibility index (Phi) is 5.29. The van der Waals surface area contributed by atoms with E-state index in [0.29, 0.717) is 0 Å². The molecule has 37 heavy (non-hydrogen) atoms. The first-order chi connectivity index (χ1) is 18.3. The van der Waals surface area contributed by atoms with Crippen LogP contribution in [0.2, 0.25) is 0 Å². The van der Waals surface area contributed by atoms with Gasteiger partial charge in [-0.2, -0.15) is 0 Å². The highest BCUT2D eigenvalue weighted by Crippen LogP contribution is 2.52. The summed E-state index contributed by atoms with van der Waals surface area (Å²) in [6.07, 6.45) is 10.7. The molecule has 0 saturated heterocycles. The van der Waals surface area contributed by atoms with E-state index in [1.54, 1.807) is 0 Å². The SMILES string of the molecule is Cc1cccc2c1CC=CC1=C2C(c2ccc(-c3ccccc3)cc2)C2=C(C=CCc3ccccc32)O1. The molecule has 1 atom stereocenters. The van der Waals surface area contributed by atoms with E-state index in [1.807, 2.05) is 0 Å². The Morgan fingerprint density at radius 1 is 0.595 bits per heavy atom. The third-order valence-electron chi connectivity index (χ3n) is 7.89. The van der Waals surface area contributed by atoms with Gasteiger partial charge in [0, 0.05) is 17.1 Å². The van der Waals surface area contributed by atoms with Crippen molar-refractivity contribution >= 4 is 11.1 Å². The fourth-order valence-electron chi connectivity index (χ4n) is 6.08. The van der Waals surface area contributed by atoms with Crippen molar-refractivity contribution in [3.63, 3.8) is 0 Å². The van der Waals surface area contributed by atoms with Gasteiger partial charge >= 0.3 is 0 Å². The van der Waals surface area contributed by atoms with Gasteiger partial charge in [-0.25, -0.2) is 0 Å². The largest absolute Gasteiger partial charge is 0.457 e. The monoisotopic (exact) mass is 476 g/mol. The first-order valence-electron chi connectivity index (χ1n) is 13.1. The second-order valence-corrected chi connectivity index (χ2v) is 10.1. The molecule has 3 aliphatic rings. The standard InChI is InChI=1S/C36H28O/c1-24-10-7-17-31-29(24)16-9-19-33-36(31)34(28-22-20-26(21-23-28)25-11-3-2-4-12-25)35-30-15-6-5-13-27(30)14-8-18-32(35)37-33/h2-13,15,17-23,34H,14,16H2,1H3. The maximum Gasteiger partial charge on any atom is 0.131 e. The van der Waals surface area contributed by atoms with Gasteiger partial charge < -0.3 is 4.74 Å². The third kappa shape index (κ3) is 3.70. The van der Waals surface area contributed by atoms with E-state index in [1.165, 1.54) is 55.7 Å². The number of ether oxygens (including phenoxy) is 1. The molecule has 1 heteroatoms. The Bertz CT molecular complexity index is 1630. The number of fused-ring (bicyclic) bond motifs is 4. The van der Waals surface area contributed by atoms with Crippen LogP contribution in [0.25, 0.3) is 22.3 Å². The Balaban J connectivity index is 1.48. The minimum atomic E-state index is 0.0655. The smallest absolute Gasteiger partial charge is 0.131 e. The van der Waals surface area contributed by atoms with E-state index >= 15 is 0 Å². The molecule has 0 N–H and O–H groups in total. The van der Waals surface area contributed by atoms with E-state index in [4.69, 9.17) is 4.74 Å². The van der Waals surface area contributed by atoms with Crippen LogP contribution in [-0.4, -0.2) is 0 Å². The molecule has 0 bridgehead atoms. The molecule has 0 radical (unpaired) electrons. The van der Waals surface area contributed by atoms with E-state index in [2.05, 4.69) is 128 Å². The van der Waals surface area contributed by atoms with Crippen LogP contribution in [-0.2, 0) is 17.6 Å². The summed E-state index contributed by atoms with van der Waals surface area (Å²) in [7, 11) is 0. The van der Waals surface area contributed by atoms with E-state index in [-0.39, 0.29) is 5.92 Å². The van der Waals surface area contributed by atoms with Gasteiger partial charge in [-0.05, 0) is 76.4 Å². The topological polar surface area (TPSA) is 9.23 Å². The van der Waals surface area contributed by atoms with Crippen molar-refractivity contribution in [1.29, 1.82) is 0 Å². The second-order valence-electron chi connectivity index (χ2n) is 10.1. The quantitative estimate of drug-likeness (QED) is 0.281. The van der Waals surface area contributed by atoms with Crippen LogP contribution in [0.3, 0.4) is 0 Å². The van der Waals surface area contributed by atoms with Gasteiger partial charge in [0.1, 0.15) is 11.5 Å². The fraction of sp³-hybridized carbons (Fsp3) is 0.111. The Hall–Kier alpha value is -4.36. The highest BCUT2D eigenvalue weighted by Gasteiger charge is 2.36. The van der Waals surface area contributed by atoms with Gasteiger partial charge in [-0.1, -0.05) is 109 Å². The van der Waals surface area contributed by atoms with Crippen LogP contribution < -0.4 is 0 Å². The van der Waals surface area contributed by atoms with Crippen molar-refractivity contribution in [3.05, 3.63) is 166 Å². The van der Waals surface area contributed by atoms with Crippen molar-refractivity contribution in [2.75, 3.05) is 0 Å². The van der Waals surface area contributed by atoms with Crippen LogP contribution in [0.15, 0.2) is 133 Å². The van der Waals surface area contributed by atoms with Crippen LogP contribution in [0, 0.1) is 6.92 Å². The number of hydrogen-bond acceptors (Lipinski definition) is 1. The molecule has 0 fully saturated rings. The lowest BCUT2D eigenvalue weighted by atomic mass is 9.74. The third-order valence-corrected chi connectivity index (χ3v) is 7.89. The van der Waals surface area contributed by atoms with Gasteiger partial charge in [0.25, 0.3) is 0 Å². The normalized spacial score (nSPS) is 17.7. The minimum absolute atomic E-state index is 0.0655. The fourth-order valence-corrected chi connectivity index (χ4v) is 6.08. The lowest BCUT2D eigenvalue weighted by molar-refractivity contribution is 0.332. The summed E-state index contributed by atoms with van der Waals surface area (Å²) in [4.78, 5) is 0. The molecule has 1 nitrogen and oxygen atoms in total. The molecular weight excluding hydrogens is 448 g/mol. The van der Waals surface area contributed by atoms with Crippen LogP contribution in [0.5, 0.6) is 0 Å². The average molecular weight is 477 g/mol. The number of allylic oxidation sites excluding steroid dienone is 6. The average Bonchev–Trinajstić information content (AvgIpc) is 3.25. The van der Waals surface area contributed by atoms with Gasteiger partial charge in [-0.15, -0.1) is 0 Å². The Labute approximate surface area is 218 Å². The highest BCUT2D eigenvalue weighted by atomic mass is 16.5. The Morgan fingerprint density at radius 3 is 2.05 bits per heavy atom. The van der Waals surface area contributed by atoms with Crippen molar-refractivity contribution in [1.82, 2.24) is 0 Å². The molecule has 178 valence electrons. The summed E-state index contributed by atoms with van der Waals surface area (Å²) >= 11 is 0. The predicted octanol–water partition coefficient (Wildman–Crippen LogP) is 8.82. The summed E-state index contributed by atoms with van der Waals surface area (Å²) in [6, 6.07) is 35.3. The molecule has 1 heterocycles. The molecule has 0 spiro atoms. The summed E-state index contributed by atoms with van der Waals surface area (Å²) in [5.74, 6) is 1.99. The van der Waals surface area contributed by atoms with Gasteiger partial charge in [0.15, 0.2) is 0 Å². The molecule has 1 aliphatic heterocycles. The van der Waals surface area contributed by atoms with Gasteiger partial charge in [-0.3, -0.25) is 0 Å². The summed E-state index contributed by atoms with van der Waals surface area (Å²) in [6.45, 7) is 2.22. The second kappa shape index (κ2) is 8.94. The maximum absolute atomic E-state index is 6.74. The van der Waals surface area contributed by atoms with Crippen molar-refractivity contribution in [2.24, 2.45) is 0 Å². The van der Waals surface area contributed by atoms with Crippen molar-refractivity contribution < 1.29 is 4.74 Å². The summed E-state index contributed by atoms with van der Waals surface area (Å²) in [5.41, 5.74) is 12.9. The zero-order chi connectivity index (χ0) is 24.8. The number of benzene rings is 4. The van der Waals surface area contributed by atoms with E-state index in [9.17, 15) is 0 Å². The number of rotatable bonds is 2. The first-order valence-corrected chi connectivity index (χ1v) is 13.1. The highest BCUT2D eigenvalue weighted by molar-refractivity contribution is 5.94. The van der Waals surface area contributed by atoms with Gasteiger partial charge in [0.2, 0.25) is 0 Å². The molecule has 0 aromatic heterocycles. The van der Waals surface area contributed by atoms with Crippen LogP contribution >= 0.6 is 0 Å². The lowest BCUT2D eigenvalue weighted by Crippen LogP contribution is -2.16. The van der Waals surface area contributed by atoms with Crippen LogP contribution in [0.1, 0.15) is 39.3 Å². The molecule has 0 saturated carbocycles. The molecule has 1 unspecified atom stereocenters. The molecule has 4 aromatic carbocycles. The zero-order valence-corrected chi connectivity index (χ0v) is 20.9. The summed E-state index contributed by atoms with van der Waals surface area (Å²) in [5, 5.41) is 0.